The molecule has 1 fully saturated rings. The van der Waals surface area contributed by atoms with Gasteiger partial charge in [-0.05, 0) is 58.0 Å². The Morgan fingerprint density at radius 3 is 2.53 bits per heavy atom. The van der Waals surface area contributed by atoms with Gasteiger partial charge in [0.2, 0.25) is 0 Å². The van der Waals surface area contributed by atoms with E-state index in [1.54, 1.807) is 0 Å². The highest BCUT2D eigenvalue weighted by atomic mass is 16.3. The van der Waals surface area contributed by atoms with Gasteiger partial charge in [0, 0.05) is 24.3 Å². The first-order valence-electron chi connectivity index (χ1n) is 7.01. The number of piperazine rings is 1. The van der Waals surface area contributed by atoms with E-state index in [0.717, 1.165) is 13.1 Å². The Hall–Kier alpha value is -1.06. The summed E-state index contributed by atoms with van der Waals surface area (Å²) in [4.78, 5) is 4.69. The number of likely N-dealkylation sites (N-methyl/N-ethyl adjacent to an activating group) is 1. The molecule has 3 nitrogen and oxygen atoms in total. The van der Waals surface area contributed by atoms with Crippen molar-refractivity contribution in [3.8, 4) is 0 Å². The lowest BCUT2D eigenvalue weighted by molar-refractivity contribution is 0.0980. The van der Waals surface area contributed by atoms with Crippen LogP contribution in [0.2, 0.25) is 0 Å². The monoisotopic (exact) mass is 262 g/mol. The van der Waals surface area contributed by atoms with Crippen LogP contribution in [0.3, 0.4) is 0 Å². The molecule has 1 unspecified atom stereocenters. The molecule has 1 aromatic rings. The molecule has 3 heteroatoms. The van der Waals surface area contributed by atoms with Crippen LogP contribution in [0.4, 0.5) is 5.69 Å². The lowest BCUT2D eigenvalue weighted by Gasteiger charge is -2.51. The van der Waals surface area contributed by atoms with Crippen LogP contribution >= 0.6 is 0 Å². The zero-order valence-electron chi connectivity index (χ0n) is 12.8. The first kappa shape index (κ1) is 14.4. The predicted octanol–water partition coefficient (Wildman–Crippen LogP) is 2.19. The molecule has 0 amide bonds. The minimum absolute atomic E-state index is 0.0854. The van der Waals surface area contributed by atoms with Gasteiger partial charge in [-0.15, -0.1) is 0 Å². The van der Waals surface area contributed by atoms with Crippen molar-refractivity contribution in [2.75, 3.05) is 31.6 Å². The topological polar surface area (TPSA) is 26.7 Å². The summed E-state index contributed by atoms with van der Waals surface area (Å²) in [6.45, 7) is 10.9. The Bertz CT molecular complexity index is 456. The molecule has 106 valence electrons. The summed E-state index contributed by atoms with van der Waals surface area (Å²) in [5, 5.41) is 9.53. The first-order chi connectivity index (χ1) is 8.85. The molecule has 0 bridgehead atoms. The molecule has 1 atom stereocenters. The number of aliphatic hydroxyl groups excluding tert-OH is 1. The number of hydrogen-bond acceptors (Lipinski definition) is 3. The van der Waals surface area contributed by atoms with Crippen molar-refractivity contribution in [2.24, 2.45) is 0 Å². The molecule has 0 saturated carbocycles. The maximum atomic E-state index is 9.53. The van der Waals surface area contributed by atoms with Crippen molar-refractivity contribution in [3.63, 3.8) is 0 Å². The molecule has 0 aromatic heterocycles. The zero-order chi connectivity index (χ0) is 14.2. The summed E-state index contributed by atoms with van der Waals surface area (Å²) < 4.78 is 0. The lowest BCUT2D eigenvalue weighted by Crippen LogP contribution is -2.63. The maximum Gasteiger partial charge on any atom is 0.0604 e. The lowest BCUT2D eigenvalue weighted by atomic mass is 9.94. The van der Waals surface area contributed by atoms with Gasteiger partial charge < -0.3 is 10.0 Å². The van der Waals surface area contributed by atoms with Crippen LogP contribution in [-0.4, -0.2) is 48.3 Å². The van der Waals surface area contributed by atoms with Crippen molar-refractivity contribution in [2.45, 2.75) is 39.3 Å². The van der Waals surface area contributed by atoms with Crippen LogP contribution in [0.1, 0.15) is 25.0 Å². The summed E-state index contributed by atoms with van der Waals surface area (Å²) in [5.41, 5.74) is 4.00. The van der Waals surface area contributed by atoms with Crippen LogP contribution < -0.4 is 4.90 Å². The number of aryl methyl sites for hydroxylation is 2. The molecule has 0 aliphatic carbocycles. The summed E-state index contributed by atoms with van der Waals surface area (Å²) in [6.07, 6.45) is 0. The number of benzene rings is 1. The molecule has 0 radical (unpaired) electrons. The van der Waals surface area contributed by atoms with Crippen LogP contribution in [0.15, 0.2) is 18.2 Å². The van der Waals surface area contributed by atoms with Gasteiger partial charge in [0.25, 0.3) is 0 Å². The van der Waals surface area contributed by atoms with Crippen LogP contribution in [0.25, 0.3) is 0 Å². The Morgan fingerprint density at radius 2 is 1.95 bits per heavy atom. The Morgan fingerprint density at radius 1 is 1.26 bits per heavy atom. The molecule has 1 N–H and O–H groups in total. The summed E-state index contributed by atoms with van der Waals surface area (Å²) in [6, 6.07) is 6.86. The number of anilines is 1. The van der Waals surface area contributed by atoms with Gasteiger partial charge in [0.15, 0.2) is 0 Å². The Labute approximate surface area is 116 Å². The van der Waals surface area contributed by atoms with Gasteiger partial charge in [-0.25, -0.2) is 0 Å². The van der Waals surface area contributed by atoms with Gasteiger partial charge >= 0.3 is 0 Å². The van der Waals surface area contributed by atoms with Crippen LogP contribution in [0, 0.1) is 13.8 Å². The number of rotatable bonds is 2. The highest BCUT2D eigenvalue weighted by molar-refractivity contribution is 5.53. The van der Waals surface area contributed by atoms with Crippen LogP contribution in [-0.2, 0) is 0 Å². The largest absolute Gasteiger partial charge is 0.395 e. The Kier molecular flexibility index (Phi) is 3.88. The maximum absolute atomic E-state index is 9.53. The molecule has 1 aromatic carbocycles. The third-order valence-corrected chi connectivity index (χ3v) is 4.40. The van der Waals surface area contributed by atoms with Crippen molar-refractivity contribution >= 4 is 5.69 Å². The van der Waals surface area contributed by atoms with Crippen molar-refractivity contribution < 1.29 is 5.11 Å². The fourth-order valence-corrected chi connectivity index (χ4v) is 2.97. The molecule has 1 aliphatic heterocycles. The molecule has 1 heterocycles. The van der Waals surface area contributed by atoms with Crippen molar-refractivity contribution in [3.05, 3.63) is 29.3 Å². The first-order valence-corrected chi connectivity index (χ1v) is 7.01. The van der Waals surface area contributed by atoms with Crippen molar-refractivity contribution in [1.82, 2.24) is 4.90 Å². The van der Waals surface area contributed by atoms with E-state index >= 15 is 0 Å². The second-order valence-electron chi connectivity index (χ2n) is 6.44. The van der Waals surface area contributed by atoms with Gasteiger partial charge in [-0.2, -0.15) is 0 Å². The summed E-state index contributed by atoms with van der Waals surface area (Å²) in [7, 11) is 2.10. The molecule has 19 heavy (non-hydrogen) atoms. The minimum Gasteiger partial charge on any atom is -0.395 e. The van der Waals surface area contributed by atoms with E-state index in [2.05, 4.69) is 62.7 Å². The summed E-state index contributed by atoms with van der Waals surface area (Å²) >= 11 is 0. The fourth-order valence-electron chi connectivity index (χ4n) is 2.97. The smallest absolute Gasteiger partial charge is 0.0604 e. The predicted molar refractivity (Wildman–Crippen MR) is 80.8 cm³/mol. The van der Waals surface area contributed by atoms with E-state index in [0.29, 0.717) is 0 Å². The van der Waals surface area contributed by atoms with Gasteiger partial charge in [0.05, 0.1) is 12.6 Å². The highest BCUT2D eigenvalue weighted by Gasteiger charge is 2.37. The number of aliphatic hydroxyl groups is 1. The molecular weight excluding hydrogens is 236 g/mol. The van der Waals surface area contributed by atoms with E-state index in [-0.39, 0.29) is 18.2 Å². The zero-order valence-corrected chi connectivity index (χ0v) is 12.8. The average molecular weight is 262 g/mol. The molecule has 1 aliphatic rings. The van der Waals surface area contributed by atoms with E-state index in [4.69, 9.17) is 0 Å². The highest BCUT2D eigenvalue weighted by Crippen LogP contribution is 2.30. The third kappa shape index (κ3) is 2.77. The van der Waals surface area contributed by atoms with E-state index in [9.17, 15) is 5.11 Å². The summed E-state index contributed by atoms with van der Waals surface area (Å²) in [5.74, 6) is 0. The van der Waals surface area contributed by atoms with E-state index in [1.807, 2.05) is 0 Å². The van der Waals surface area contributed by atoms with Gasteiger partial charge in [-0.3, -0.25) is 4.90 Å². The standard InChI is InChI=1S/C16H26N2O/c1-12-6-7-14(8-13(12)2)18-9-15(10-19)17(5)11-16(18,3)4/h6-8,15,19H,9-11H2,1-5H3. The van der Waals surface area contributed by atoms with Crippen molar-refractivity contribution in [1.29, 1.82) is 0 Å². The van der Waals surface area contributed by atoms with Gasteiger partial charge in [-0.1, -0.05) is 6.07 Å². The molecule has 0 spiro atoms. The second kappa shape index (κ2) is 5.14. The van der Waals surface area contributed by atoms with E-state index in [1.165, 1.54) is 16.8 Å². The fraction of sp³-hybridized carbons (Fsp3) is 0.625. The number of nitrogens with zero attached hydrogens (tertiary/aromatic N) is 2. The Balaban J connectivity index is 2.32. The average Bonchev–Trinajstić information content (AvgIpc) is 2.32. The SMILES string of the molecule is Cc1ccc(N2CC(CO)N(C)CC2(C)C)cc1C. The normalized spacial score (nSPS) is 23.7. The second-order valence-corrected chi connectivity index (χ2v) is 6.44. The van der Waals surface area contributed by atoms with Gasteiger partial charge in [0.1, 0.15) is 0 Å². The minimum atomic E-state index is 0.0854. The third-order valence-electron chi connectivity index (χ3n) is 4.40. The molecular formula is C16H26N2O. The van der Waals surface area contributed by atoms with Crippen LogP contribution in [0.5, 0.6) is 0 Å². The quantitative estimate of drug-likeness (QED) is 0.885. The van der Waals surface area contributed by atoms with E-state index < -0.39 is 0 Å². The molecule has 1 saturated heterocycles. The molecule has 2 rings (SSSR count). The number of hydrogen-bond donors (Lipinski definition) is 1.